The molecule has 0 unspecified atom stereocenters. The van der Waals surface area contributed by atoms with E-state index in [-0.39, 0.29) is 50.9 Å². The van der Waals surface area contributed by atoms with Crippen LogP contribution >= 0.6 is 0 Å². The minimum absolute atomic E-state index is 0.00105. The summed E-state index contributed by atoms with van der Waals surface area (Å²) in [5.74, 6) is -2.79. The first-order valence-electron chi connectivity index (χ1n) is 24.0. The number of nitrogens with one attached hydrogen (secondary N) is 4. The van der Waals surface area contributed by atoms with Crippen molar-refractivity contribution in [1.82, 2.24) is 40.9 Å². The minimum Gasteiger partial charge on any atom is -0.497 e. The van der Waals surface area contributed by atoms with E-state index >= 15 is 0 Å². The summed E-state index contributed by atoms with van der Waals surface area (Å²) in [6, 6.07) is 10.5. The second-order valence-electron chi connectivity index (χ2n) is 18.9. The molecule has 7 atom stereocenters. The lowest BCUT2D eigenvalue weighted by molar-refractivity contribution is -0.150. The molecule has 2 aliphatic rings. The molecule has 2 heterocycles. The maximum Gasteiger partial charge on any atom is 0.408 e. The average Bonchev–Trinajstić information content (AvgIpc) is 4.03. The van der Waals surface area contributed by atoms with Crippen molar-refractivity contribution in [3.05, 3.63) is 65.7 Å². The number of alkyl carbamates (subject to hydrolysis) is 1. The zero-order chi connectivity index (χ0) is 50.9. The summed E-state index contributed by atoms with van der Waals surface area (Å²) in [6.45, 7) is 11.1. The molecule has 0 spiro atoms. The number of methoxy groups -OCH3 is 1. The number of hydrogen-bond acceptors (Lipinski definition) is 11. The Labute approximate surface area is 406 Å². The molecule has 19 nitrogen and oxygen atoms in total. The summed E-state index contributed by atoms with van der Waals surface area (Å²) in [7, 11) is 4.58. The van der Waals surface area contributed by atoms with Gasteiger partial charge in [0.1, 0.15) is 54.7 Å². The lowest BCUT2D eigenvalue weighted by atomic mass is 10.0. The third kappa shape index (κ3) is 15.9. The molecule has 0 radical (unpaired) electrons. The number of ether oxygens (including phenoxy) is 2. The van der Waals surface area contributed by atoms with Crippen LogP contribution in [0, 0.1) is 11.8 Å². The van der Waals surface area contributed by atoms with Gasteiger partial charge in [0.15, 0.2) is 0 Å². The fourth-order valence-corrected chi connectivity index (χ4v) is 8.67. The number of likely N-dealkylation sites (N-methyl/N-ethyl adjacent to an activating group) is 2. The quantitative estimate of drug-likeness (QED) is 0.101. The van der Waals surface area contributed by atoms with Gasteiger partial charge < -0.3 is 55.4 Å². The smallest absolute Gasteiger partial charge is 0.408 e. The summed E-state index contributed by atoms with van der Waals surface area (Å²) in [5, 5.41) is 20.9. The van der Waals surface area contributed by atoms with Crippen molar-refractivity contribution in [2.45, 2.75) is 135 Å². The zero-order valence-corrected chi connectivity index (χ0v) is 41.7. The minimum atomic E-state index is -1.26. The maximum absolute atomic E-state index is 14.5. The van der Waals surface area contributed by atoms with E-state index in [0.717, 1.165) is 11.1 Å². The zero-order valence-electron chi connectivity index (χ0n) is 41.7. The fourth-order valence-electron chi connectivity index (χ4n) is 8.67. The Hall–Kier alpha value is -6.24. The Balaban J connectivity index is 1.43. The standard InChI is InChI=1S/C50H74N8O11/c1-31(2)27-38(54-43(60)33(5)53-50(67)69-30-36-15-11-10-12-16-36)47(64)58-26-14-18-40(58)49(66)56(8)42(29-35-19-21-37(68-9)22-20-35)45(62)52-24-23-51-44(61)41(28-32(3)4)55(7)48(65)39-17-13-25-57(39)46(63)34(6)59/h10-12,15-16,19-22,31-34,38-42,59H,13-14,17-18,23-30H2,1-9H3,(H,51,61)(H,52,62)(H,53,67)(H,54,60)/t33-,34-,38-,39-,40-,41-,42-/m0/s1. The first-order valence-corrected chi connectivity index (χ1v) is 24.0. The van der Waals surface area contributed by atoms with Gasteiger partial charge in [0.05, 0.1) is 7.11 Å². The first kappa shape index (κ1) is 55.4. The molecule has 380 valence electrons. The molecule has 0 aliphatic carbocycles. The van der Waals surface area contributed by atoms with E-state index in [2.05, 4.69) is 21.3 Å². The highest BCUT2D eigenvalue weighted by molar-refractivity contribution is 5.96. The highest BCUT2D eigenvalue weighted by Gasteiger charge is 2.42. The highest BCUT2D eigenvalue weighted by Crippen LogP contribution is 2.25. The maximum atomic E-state index is 14.5. The number of rotatable bonds is 23. The van der Waals surface area contributed by atoms with Crippen LogP contribution in [0.5, 0.6) is 5.75 Å². The number of aliphatic hydroxyl groups is 1. The number of carbonyl (C=O) groups is 8. The van der Waals surface area contributed by atoms with Crippen molar-refractivity contribution in [2.75, 3.05) is 47.4 Å². The van der Waals surface area contributed by atoms with Crippen molar-refractivity contribution in [1.29, 1.82) is 0 Å². The first-order chi connectivity index (χ1) is 32.7. The van der Waals surface area contributed by atoms with Crippen LogP contribution < -0.4 is 26.0 Å². The SMILES string of the molecule is COc1ccc(C[C@@H](C(=O)NCCNC(=O)[C@H](CC(C)C)N(C)C(=O)[C@@H]2CCCN2C(=O)[C@H](C)O)N(C)C(=O)[C@@H]2CCCN2C(=O)[C@H](CC(C)C)NC(=O)[C@H](C)NC(=O)OCc2ccccc2)cc1. The van der Waals surface area contributed by atoms with Crippen LogP contribution in [0.4, 0.5) is 4.79 Å². The largest absolute Gasteiger partial charge is 0.497 e. The van der Waals surface area contributed by atoms with E-state index in [0.29, 0.717) is 44.4 Å². The molecular formula is C50H74N8O11. The molecule has 2 aromatic carbocycles. The Morgan fingerprint density at radius 2 is 1.19 bits per heavy atom. The average molecular weight is 963 g/mol. The van der Waals surface area contributed by atoms with E-state index < -0.39 is 89.8 Å². The normalized spacial score (nSPS) is 17.8. The van der Waals surface area contributed by atoms with E-state index in [1.54, 1.807) is 36.4 Å². The van der Waals surface area contributed by atoms with E-state index in [1.807, 2.05) is 45.9 Å². The molecule has 4 rings (SSSR count). The monoisotopic (exact) mass is 963 g/mol. The Bertz CT molecular complexity index is 2070. The molecule has 2 aliphatic heterocycles. The molecule has 8 amide bonds. The lowest BCUT2D eigenvalue weighted by Crippen LogP contribution is -2.58. The van der Waals surface area contributed by atoms with Crippen LogP contribution in [-0.4, -0.2) is 162 Å². The third-order valence-corrected chi connectivity index (χ3v) is 12.5. The van der Waals surface area contributed by atoms with Crippen molar-refractivity contribution in [3.63, 3.8) is 0 Å². The van der Waals surface area contributed by atoms with Crippen LogP contribution in [0.3, 0.4) is 0 Å². The van der Waals surface area contributed by atoms with Gasteiger partial charge in [0.2, 0.25) is 35.4 Å². The van der Waals surface area contributed by atoms with Gasteiger partial charge in [-0.3, -0.25) is 33.6 Å². The van der Waals surface area contributed by atoms with Crippen LogP contribution in [0.1, 0.15) is 91.2 Å². The number of carbonyl (C=O) groups excluding carboxylic acids is 8. The van der Waals surface area contributed by atoms with Crippen molar-refractivity contribution in [2.24, 2.45) is 11.8 Å². The van der Waals surface area contributed by atoms with Crippen LogP contribution in [-0.2, 0) is 51.3 Å². The Morgan fingerprint density at radius 1 is 0.667 bits per heavy atom. The van der Waals surface area contributed by atoms with Gasteiger partial charge >= 0.3 is 6.09 Å². The highest BCUT2D eigenvalue weighted by atomic mass is 16.5. The molecule has 69 heavy (non-hydrogen) atoms. The number of amides is 8. The predicted octanol–water partition coefficient (Wildman–Crippen LogP) is 2.38. The number of likely N-dealkylation sites (tertiary alicyclic amines) is 2. The molecule has 0 bridgehead atoms. The van der Waals surface area contributed by atoms with Gasteiger partial charge in [0, 0.05) is 46.7 Å². The molecule has 0 aromatic heterocycles. The number of hydrogen-bond donors (Lipinski definition) is 5. The van der Waals surface area contributed by atoms with Gasteiger partial charge in [-0.25, -0.2) is 4.79 Å². The molecule has 2 saturated heterocycles. The topological polar surface area (TPSA) is 236 Å². The number of aliphatic hydroxyl groups excluding tert-OH is 1. The van der Waals surface area contributed by atoms with Crippen LogP contribution in [0.15, 0.2) is 54.6 Å². The molecule has 2 aromatic rings. The summed E-state index contributed by atoms with van der Waals surface area (Å²) in [4.78, 5) is 114. The Kier molecular flexibility index (Phi) is 21.3. The van der Waals surface area contributed by atoms with Crippen molar-refractivity contribution < 1.29 is 52.9 Å². The van der Waals surface area contributed by atoms with Gasteiger partial charge in [-0.2, -0.15) is 0 Å². The predicted molar refractivity (Wildman–Crippen MR) is 257 cm³/mol. The molecule has 19 heteroatoms. The fraction of sp³-hybridized carbons (Fsp3) is 0.600. The summed E-state index contributed by atoms with van der Waals surface area (Å²) >= 11 is 0. The third-order valence-electron chi connectivity index (χ3n) is 12.5. The summed E-state index contributed by atoms with van der Waals surface area (Å²) in [5.41, 5.74) is 1.51. The lowest BCUT2D eigenvalue weighted by Gasteiger charge is -2.34. The molecule has 2 fully saturated rings. The summed E-state index contributed by atoms with van der Waals surface area (Å²) in [6.07, 6.45) is 0.489. The van der Waals surface area contributed by atoms with Gasteiger partial charge in [-0.05, 0) is 87.5 Å². The number of nitrogens with zero attached hydrogens (tertiary/aromatic N) is 4. The Morgan fingerprint density at radius 3 is 1.71 bits per heavy atom. The number of benzene rings is 2. The molecule has 0 saturated carbocycles. The van der Waals surface area contributed by atoms with Crippen molar-refractivity contribution in [3.8, 4) is 5.75 Å². The van der Waals surface area contributed by atoms with E-state index in [9.17, 15) is 43.5 Å². The van der Waals surface area contributed by atoms with Crippen LogP contribution in [0.2, 0.25) is 0 Å². The second-order valence-corrected chi connectivity index (χ2v) is 18.9. The second kappa shape index (κ2) is 26.5. The molecule has 5 N–H and O–H groups in total. The van der Waals surface area contributed by atoms with E-state index in [4.69, 9.17) is 9.47 Å². The van der Waals surface area contributed by atoms with Crippen molar-refractivity contribution >= 4 is 47.4 Å². The van der Waals surface area contributed by atoms with Gasteiger partial charge in [-0.15, -0.1) is 0 Å². The van der Waals surface area contributed by atoms with E-state index in [1.165, 1.54) is 54.7 Å². The van der Waals surface area contributed by atoms with Gasteiger partial charge in [-0.1, -0.05) is 70.2 Å². The summed E-state index contributed by atoms with van der Waals surface area (Å²) < 4.78 is 10.6. The van der Waals surface area contributed by atoms with Gasteiger partial charge in [0.25, 0.3) is 5.91 Å². The molecular weight excluding hydrogens is 889 g/mol. The van der Waals surface area contributed by atoms with Crippen LogP contribution in [0.25, 0.3) is 0 Å².